The van der Waals surface area contributed by atoms with Crippen molar-refractivity contribution >= 4 is 35.6 Å². The molecule has 1 fully saturated rings. The van der Waals surface area contributed by atoms with Crippen LogP contribution in [0, 0.1) is 0 Å². The van der Waals surface area contributed by atoms with E-state index in [1.54, 1.807) is 24.4 Å². The molecule has 0 saturated carbocycles. The van der Waals surface area contributed by atoms with E-state index >= 15 is 0 Å². The molecule has 3 heterocycles. The summed E-state index contributed by atoms with van der Waals surface area (Å²) in [6.45, 7) is 0. The van der Waals surface area contributed by atoms with E-state index in [1.807, 2.05) is 42.5 Å². The Hall–Kier alpha value is -3.39. The lowest BCUT2D eigenvalue weighted by atomic mass is 10.0. The van der Waals surface area contributed by atoms with Crippen LogP contribution in [-0.4, -0.2) is 49.9 Å². The summed E-state index contributed by atoms with van der Waals surface area (Å²) in [7, 11) is 0. The highest BCUT2D eigenvalue weighted by atomic mass is 32.2. The predicted octanol–water partition coefficient (Wildman–Crippen LogP) is 2.08. The molecule has 2 aliphatic rings. The topological polar surface area (TPSA) is 99.6 Å². The second-order valence-electron chi connectivity index (χ2n) is 6.88. The smallest absolute Gasteiger partial charge is 0.352 e. The number of hydrogen-bond acceptors (Lipinski definition) is 5. The number of nitrogens with zero attached hydrogens (tertiary/aromatic N) is 2. The van der Waals surface area contributed by atoms with Crippen LogP contribution in [0.4, 0.5) is 0 Å². The number of hydrogen-bond donors (Lipinski definition) is 2. The molecule has 152 valence electrons. The Morgan fingerprint density at radius 2 is 1.93 bits per heavy atom. The third-order valence-electron chi connectivity index (χ3n) is 4.87. The van der Waals surface area contributed by atoms with Crippen molar-refractivity contribution in [3.63, 3.8) is 0 Å². The fourth-order valence-corrected chi connectivity index (χ4v) is 4.76. The zero-order chi connectivity index (χ0) is 21.1. The molecule has 0 spiro atoms. The molecular formula is C22H19N3O4S. The van der Waals surface area contributed by atoms with Gasteiger partial charge in [-0.3, -0.25) is 19.5 Å². The van der Waals surface area contributed by atoms with Gasteiger partial charge in [-0.05, 0) is 29.3 Å². The van der Waals surface area contributed by atoms with Gasteiger partial charge >= 0.3 is 5.97 Å². The number of fused-ring (bicyclic) bond motifs is 1. The molecule has 1 saturated heterocycles. The number of β-lactam (4-membered cyclic amide) rings is 1. The minimum atomic E-state index is -1.16. The zero-order valence-corrected chi connectivity index (χ0v) is 16.7. The van der Waals surface area contributed by atoms with Crippen molar-refractivity contribution in [2.45, 2.75) is 17.8 Å². The quantitative estimate of drug-likeness (QED) is 0.693. The molecule has 4 rings (SSSR count). The first-order valence-corrected chi connectivity index (χ1v) is 10.4. The Kier molecular flexibility index (Phi) is 5.67. The standard InChI is InChI=1S/C22H19N3O4S/c26-17(12-14-6-2-1-3-7-14)24-18-20(27)25-19(22(28)29)15(13-30-21(18)25)9-10-16-8-4-5-11-23-16/h1-11,18,21H,12-13H2,(H,24,26)(H,28,29)/t18?,21-/m0/s1. The number of aromatic nitrogens is 1. The third kappa shape index (κ3) is 3.99. The number of nitrogens with one attached hydrogen (secondary N) is 1. The van der Waals surface area contributed by atoms with Gasteiger partial charge in [0.1, 0.15) is 17.1 Å². The third-order valence-corrected chi connectivity index (χ3v) is 6.17. The molecule has 2 N–H and O–H groups in total. The van der Waals surface area contributed by atoms with Crippen molar-refractivity contribution in [1.82, 2.24) is 15.2 Å². The Morgan fingerprint density at radius 3 is 2.63 bits per heavy atom. The molecule has 2 amide bonds. The molecule has 0 radical (unpaired) electrons. The first-order valence-electron chi connectivity index (χ1n) is 9.38. The summed E-state index contributed by atoms with van der Waals surface area (Å²) in [5.74, 6) is -1.41. The van der Waals surface area contributed by atoms with Crippen LogP contribution in [0.15, 0.2) is 72.1 Å². The SMILES string of the molecule is O=C(Cc1ccccc1)NC1C(=O)N2C(C(=O)O)=C(C=Cc3ccccn3)CS[C@@H]12. The van der Waals surface area contributed by atoms with Gasteiger partial charge in [0.15, 0.2) is 0 Å². The van der Waals surface area contributed by atoms with Gasteiger partial charge in [-0.15, -0.1) is 11.8 Å². The molecular weight excluding hydrogens is 402 g/mol. The average molecular weight is 421 g/mol. The van der Waals surface area contributed by atoms with Crippen LogP contribution in [0.3, 0.4) is 0 Å². The highest BCUT2D eigenvalue weighted by Crippen LogP contribution is 2.40. The maximum absolute atomic E-state index is 12.7. The lowest BCUT2D eigenvalue weighted by Crippen LogP contribution is -2.70. The number of amides is 2. The molecule has 1 aromatic carbocycles. The van der Waals surface area contributed by atoms with E-state index in [4.69, 9.17) is 0 Å². The van der Waals surface area contributed by atoms with E-state index in [-0.39, 0.29) is 18.0 Å². The van der Waals surface area contributed by atoms with Crippen molar-refractivity contribution in [2.75, 3.05) is 5.75 Å². The molecule has 2 aromatic rings. The average Bonchev–Trinajstić information content (AvgIpc) is 2.76. The normalized spacial score (nSPS) is 20.7. The number of carboxylic acids is 1. The highest BCUT2D eigenvalue weighted by Gasteiger charge is 2.53. The maximum atomic E-state index is 12.7. The second kappa shape index (κ2) is 8.54. The summed E-state index contributed by atoms with van der Waals surface area (Å²) in [6.07, 6.45) is 5.23. The highest BCUT2D eigenvalue weighted by molar-refractivity contribution is 8.00. The van der Waals surface area contributed by atoms with Crippen molar-refractivity contribution < 1.29 is 19.5 Å². The van der Waals surface area contributed by atoms with Gasteiger partial charge in [0, 0.05) is 11.9 Å². The Morgan fingerprint density at radius 1 is 1.17 bits per heavy atom. The number of carbonyl (C=O) groups excluding carboxylic acids is 2. The monoisotopic (exact) mass is 421 g/mol. The predicted molar refractivity (Wildman–Crippen MR) is 113 cm³/mol. The van der Waals surface area contributed by atoms with Gasteiger partial charge in [-0.25, -0.2) is 4.79 Å². The number of pyridine rings is 1. The first-order chi connectivity index (χ1) is 14.5. The number of thioether (sulfide) groups is 1. The van der Waals surface area contributed by atoms with Crippen molar-refractivity contribution in [3.05, 3.63) is 83.3 Å². The number of carboxylic acid groups (broad SMARTS) is 1. The Bertz CT molecular complexity index is 1040. The lowest BCUT2D eigenvalue weighted by Gasteiger charge is -2.49. The van der Waals surface area contributed by atoms with Crippen LogP contribution < -0.4 is 5.32 Å². The molecule has 1 unspecified atom stereocenters. The van der Waals surface area contributed by atoms with E-state index in [1.165, 1.54) is 16.7 Å². The number of carbonyl (C=O) groups is 3. The molecule has 1 aromatic heterocycles. The van der Waals surface area contributed by atoms with E-state index in [2.05, 4.69) is 10.3 Å². The van der Waals surface area contributed by atoms with Crippen LogP contribution in [0.1, 0.15) is 11.3 Å². The number of aliphatic carboxylic acids is 1. The minimum absolute atomic E-state index is 0.0375. The fourth-order valence-electron chi connectivity index (χ4n) is 3.44. The van der Waals surface area contributed by atoms with Gasteiger partial charge < -0.3 is 10.4 Å². The molecule has 0 aliphatic carbocycles. The molecule has 8 heteroatoms. The van der Waals surface area contributed by atoms with Crippen LogP contribution in [-0.2, 0) is 20.8 Å². The van der Waals surface area contributed by atoms with Gasteiger partial charge in [0.2, 0.25) is 5.91 Å². The molecule has 2 aliphatic heterocycles. The maximum Gasteiger partial charge on any atom is 0.352 e. The van der Waals surface area contributed by atoms with Crippen molar-refractivity contribution in [2.24, 2.45) is 0 Å². The van der Waals surface area contributed by atoms with E-state index in [0.717, 1.165) is 5.56 Å². The van der Waals surface area contributed by atoms with Gasteiger partial charge in [-0.1, -0.05) is 42.5 Å². The van der Waals surface area contributed by atoms with E-state index < -0.39 is 23.3 Å². The number of allylic oxidation sites excluding steroid dienone is 1. The first kappa shape index (κ1) is 19.9. The van der Waals surface area contributed by atoms with Gasteiger partial charge in [0.25, 0.3) is 5.91 Å². The van der Waals surface area contributed by atoms with Crippen LogP contribution in [0.5, 0.6) is 0 Å². The van der Waals surface area contributed by atoms with Crippen LogP contribution in [0.2, 0.25) is 0 Å². The van der Waals surface area contributed by atoms with Gasteiger partial charge in [-0.2, -0.15) is 0 Å². The number of benzene rings is 1. The summed E-state index contributed by atoms with van der Waals surface area (Å²) >= 11 is 1.44. The Balaban J connectivity index is 1.48. The largest absolute Gasteiger partial charge is 0.477 e. The molecule has 30 heavy (non-hydrogen) atoms. The van der Waals surface area contributed by atoms with Gasteiger partial charge in [0.05, 0.1) is 12.1 Å². The van der Waals surface area contributed by atoms with Crippen LogP contribution >= 0.6 is 11.8 Å². The van der Waals surface area contributed by atoms with E-state index in [9.17, 15) is 19.5 Å². The molecule has 2 atom stereocenters. The summed E-state index contributed by atoms with van der Waals surface area (Å²) in [6, 6.07) is 14.0. The second-order valence-corrected chi connectivity index (χ2v) is 7.99. The lowest BCUT2D eigenvalue weighted by molar-refractivity contribution is -0.150. The summed E-state index contributed by atoms with van der Waals surface area (Å²) in [5, 5.41) is 12.0. The number of rotatable bonds is 6. The molecule has 7 nitrogen and oxygen atoms in total. The van der Waals surface area contributed by atoms with Crippen molar-refractivity contribution in [3.8, 4) is 0 Å². The van der Waals surface area contributed by atoms with Crippen molar-refractivity contribution in [1.29, 1.82) is 0 Å². The summed E-state index contributed by atoms with van der Waals surface area (Å²) < 4.78 is 0. The summed E-state index contributed by atoms with van der Waals surface area (Å²) in [5.41, 5.74) is 2.05. The Labute approximate surface area is 177 Å². The van der Waals surface area contributed by atoms with E-state index in [0.29, 0.717) is 17.0 Å². The molecule has 0 bridgehead atoms. The fraction of sp³-hybridized carbons (Fsp3) is 0.182. The van der Waals surface area contributed by atoms with Crippen LogP contribution in [0.25, 0.3) is 6.08 Å². The zero-order valence-electron chi connectivity index (χ0n) is 15.9. The summed E-state index contributed by atoms with van der Waals surface area (Å²) in [4.78, 5) is 42.4. The minimum Gasteiger partial charge on any atom is -0.477 e.